The smallest absolute Gasteiger partial charge is 0.343 e. The minimum Gasteiger partial charge on any atom is -0.343 e. The van der Waals surface area contributed by atoms with Crippen molar-refractivity contribution >= 4 is 29.1 Å². The van der Waals surface area contributed by atoms with Crippen LogP contribution in [-0.4, -0.2) is 18.4 Å². The highest BCUT2D eigenvalue weighted by Crippen LogP contribution is 2.34. The lowest BCUT2D eigenvalue weighted by Gasteiger charge is -2.14. The fraction of sp³-hybridized carbons (Fsp3) is 0.125. The third kappa shape index (κ3) is 4.69. The van der Waals surface area contributed by atoms with Gasteiger partial charge in [-0.25, -0.2) is 4.39 Å². The van der Waals surface area contributed by atoms with Crippen molar-refractivity contribution in [3.63, 3.8) is 0 Å². The minimum atomic E-state index is -4.65. The summed E-state index contributed by atoms with van der Waals surface area (Å²) in [4.78, 5) is 23.7. The number of benzene rings is 2. The number of nitrogens with one attached hydrogen (secondary N) is 2. The van der Waals surface area contributed by atoms with Crippen LogP contribution in [0.15, 0.2) is 42.5 Å². The monoisotopic (exact) mass is 374 g/mol. The van der Waals surface area contributed by atoms with Gasteiger partial charge in [0.2, 0.25) is 5.91 Å². The second-order valence-corrected chi connectivity index (χ2v) is 5.28. The Labute approximate surface area is 144 Å². The predicted octanol–water partition coefficient (Wildman–Crippen LogP) is 3.87. The number of amides is 2. The molecule has 0 aromatic heterocycles. The second-order valence-electron chi connectivity index (χ2n) is 4.87. The number of alkyl halides is 3. The number of anilines is 1. The Hall–Kier alpha value is -2.61. The largest absolute Gasteiger partial charge is 0.418 e. The third-order valence-electron chi connectivity index (χ3n) is 3.11. The van der Waals surface area contributed by atoms with E-state index in [1.165, 1.54) is 24.3 Å². The normalized spacial score (nSPS) is 11.1. The van der Waals surface area contributed by atoms with Crippen molar-refractivity contribution in [1.82, 2.24) is 5.32 Å². The van der Waals surface area contributed by atoms with E-state index in [-0.39, 0.29) is 5.02 Å². The minimum absolute atomic E-state index is 0.152. The van der Waals surface area contributed by atoms with Gasteiger partial charge in [0, 0.05) is 0 Å². The van der Waals surface area contributed by atoms with Gasteiger partial charge in [-0.2, -0.15) is 13.2 Å². The molecule has 2 aromatic carbocycles. The average molecular weight is 375 g/mol. The van der Waals surface area contributed by atoms with Crippen molar-refractivity contribution in [3.8, 4) is 0 Å². The molecule has 0 spiro atoms. The van der Waals surface area contributed by atoms with Crippen LogP contribution in [0.5, 0.6) is 0 Å². The van der Waals surface area contributed by atoms with Gasteiger partial charge in [-0.05, 0) is 24.3 Å². The summed E-state index contributed by atoms with van der Waals surface area (Å²) in [5.41, 5.74) is -1.92. The predicted molar refractivity (Wildman–Crippen MR) is 83.8 cm³/mol. The van der Waals surface area contributed by atoms with E-state index in [1.54, 1.807) is 0 Å². The van der Waals surface area contributed by atoms with E-state index in [0.717, 1.165) is 18.2 Å². The van der Waals surface area contributed by atoms with E-state index < -0.39 is 47.2 Å². The molecule has 0 aliphatic rings. The summed E-state index contributed by atoms with van der Waals surface area (Å²) < 4.78 is 52.1. The molecule has 132 valence electrons. The van der Waals surface area contributed by atoms with Gasteiger partial charge in [-0.15, -0.1) is 0 Å². The number of carbonyl (C=O) groups excluding carboxylic acids is 2. The van der Waals surface area contributed by atoms with Gasteiger partial charge in [0.25, 0.3) is 5.91 Å². The summed E-state index contributed by atoms with van der Waals surface area (Å²) >= 11 is 5.71. The Morgan fingerprint density at radius 1 is 1.04 bits per heavy atom. The van der Waals surface area contributed by atoms with Gasteiger partial charge in [-0.1, -0.05) is 29.8 Å². The van der Waals surface area contributed by atoms with Gasteiger partial charge >= 0.3 is 6.18 Å². The Bertz CT molecular complexity index is 789. The number of halogens is 5. The zero-order valence-corrected chi connectivity index (χ0v) is 13.2. The van der Waals surface area contributed by atoms with Crippen LogP contribution in [0.2, 0.25) is 5.02 Å². The maximum atomic E-state index is 13.6. The molecule has 2 rings (SSSR count). The SMILES string of the molecule is O=C(CNC(=O)c1c(F)cccc1Cl)Nc1ccccc1C(F)(F)F. The summed E-state index contributed by atoms with van der Waals surface area (Å²) in [5, 5.41) is 4.00. The van der Waals surface area contributed by atoms with E-state index >= 15 is 0 Å². The number of hydrogen-bond donors (Lipinski definition) is 2. The molecular weight excluding hydrogens is 364 g/mol. The first kappa shape index (κ1) is 18.7. The zero-order chi connectivity index (χ0) is 18.6. The molecule has 9 heteroatoms. The molecule has 0 saturated carbocycles. The molecule has 4 nitrogen and oxygen atoms in total. The van der Waals surface area contributed by atoms with Crippen molar-refractivity contribution < 1.29 is 27.2 Å². The lowest BCUT2D eigenvalue weighted by atomic mass is 10.1. The molecule has 0 heterocycles. The van der Waals surface area contributed by atoms with Crippen LogP contribution in [0, 0.1) is 5.82 Å². The summed E-state index contributed by atoms with van der Waals surface area (Å²) in [6.07, 6.45) is -4.65. The van der Waals surface area contributed by atoms with Crippen molar-refractivity contribution in [2.45, 2.75) is 6.18 Å². The molecule has 0 radical (unpaired) electrons. The molecule has 0 saturated heterocycles. The first-order valence-electron chi connectivity index (χ1n) is 6.88. The fourth-order valence-electron chi connectivity index (χ4n) is 2.00. The second kappa shape index (κ2) is 7.52. The maximum Gasteiger partial charge on any atom is 0.418 e. The molecule has 0 bridgehead atoms. The van der Waals surface area contributed by atoms with Crippen LogP contribution < -0.4 is 10.6 Å². The molecule has 0 atom stereocenters. The first-order chi connectivity index (χ1) is 11.7. The highest BCUT2D eigenvalue weighted by Gasteiger charge is 2.33. The molecule has 2 N–H and O–H groups in total. The topological polar surface area (TPSA) is 58.2 Å². The van der Waals surface area contributed by atoms with Crippen molar-refractivity contribution in [2.75, 3.05) is 11.9 Å². The van der Waals surface area contributed by atoms with Gasteiger partial charge < -0.3 is 10.6 Å². The summed E-state index contributed by atoms with van der Waals surface area (Å²) in [7, 11) is 0. The van der Waals surface area contributed by atoms with Crippen molar-refractivity contribution in [3.05, 3.63) is 64.4 Å². The number of rotatable bonds is 4. The van der Waals surface area contributed by atoms with Crippen molar-refractivity contribution in [2.24, 2.45) is 0 Å². The van der Waals surface area contributed by atoms with Crippen LogP contribution >= 0.6 is 11.6 Å². The van der Waals surface area contributed by atoms with E-state index in [4.69, 9.17) is 11.6 Å². The van der Waals surface area contributed by atoms with Crippen molar-refractivity contribution in [1.29, 1.82) is 0 Å². The molecule has 0 unspecified atom stereocenters. The molecule has 25 heavy (non-hydrogen) atoms. The van der Waals surface area contributed by atoms with Crippen LogP contribution in [0.3, 0.4) is 0 Å². The lowest BCUT2D eigenvalue weighted by molar-refractivity contribution is -0.137. The number of carbonyl (C=O) groups is 2. The molecule has 0 aliphatic carbocycles. The fourth-order valence-corrected chi connectivity index (χ4v) is 2.25. The Morgan fingerprint density at radius 3 is 2.36 bits per heavy atom. The number of hydrogen-bond acceptors (Lipinski definition) is 2. The van der Waals surface area contributed by atoms with E-state index in [2.05, 4.69) is 10.6 Å². The van der Waals surface area contributed by atoms with E-state index in [0.29, 0.717) is 0 Å². The quantitative estimate of drug-likeness (QED) is 0.798. The molecular formula is C16H11ClF4N2O2. The van der Waals surface area contributed by atoms with Gasteiger partial charge in [0.1, 0.15) is 5.82 Å². The summed E-state index contributed by atoms with van der Waals surface area (Å²) in [6.45, 7) is -0.657. The Morgan fingerprint density at radius 2 is 1.72 bits per heavy atom. The molecule has 2 amide bonds. The van der Waals surface area contributed by atoms with Gasteiger partial charge in [-0.3, -0.25) is 9.59 Å². The molecule has 0 aliphatic heterocycles. The van der Waals surface area contributed by atoms with Gasteiger partial charge in [0.15, 0.2) is 0 Å². The zero-order valence-electron chi connectivity index (χ0n) is 12.5. The lowest BCUT2D eigenvalue weighted by Crippen LogP contribution is -2.33. The number of para-hydroxylation sites is 1. The highest BCUT2D eigenvalue weighted by molar-refractivity contribution is 6.33. The third-order valence-corrected chi connectivity index (χ3v) is 3.42. The Balaban J connectivity index is 2.04. The Kier molecular flexibility index (Phi) is 5.63. The standard InChI is InChI=1S/C16H11ClF4N2O2/c17-10-5-3-6-11(18)14(10)15(25)22-8-13(24)23-12-7-2-1-4-9(12)16(19,20)21/h1-7H,8H2,(H,22,25)(H,23,24). The van der Waals surface area contributed by atoms with Crippen LogP contribution in [0.1, 0.15) is 15.9 Å². The van der Waals surface area contributed by atoms with E-state index in [1.807, 2.05) is 0 Å². The highest BCUT2D eigenvalue weighted by atomic mass is 35.5. The van der Waals surface area contributed by atoms with E-state index in [9.17, 15) is 27.2 Å². The van der Waals surface area contributed by atoms with Crippen LogP contribution in [0.4, 0.5) is 23.2 Å². The summed E-state index contributed by atoms with van der Waals surface area (Å²) in [5.74, 6) is -2.74. The van der Waals surface area contributed by atoms with Gasteiger partial charge in [0.05, 0.1) is 28.4 Å². The summed E-state index contributed by atoms with van der Waals surface area (Å²) in [6, 6.07) is 8.00. The van der Waals surface area contributed by atoms with Crippen LogP contribution in [-0.2, 0) is 11.0 Å². The van der Waals surface area contributed by atoms with Crippen LogP contribution in [0.25, 0.3) is 0 Å². The molecule has 0 fully saturated rings. The molecule has 2 aromatic rings. The maximum absolute atomic E-state index is 13.6. The first-order valence-corrected chi connectivity index (χ1v) is 7.26. The average Bonchev–Trinajstić information content (AvgIpc) is 2.52.